The topological polar surface area (TPSA) is 79.3 Å². The van der Waals surface area contributed by atoms with Gasteiger partial charge < -0.3 is 10.4 Å². The van der Waals surface area contributed by atoms with Gasteiger partial charge in [-0.05, 0) is 25.5 Å². The molecule has 17 heavy (non-hydrogen) atoms. The number of aromatic carboxylic acids is 1. The van der Waals surface area contributed by atoms with Crippen molar-refractivity contribution >= 4 is 17.6 Å². The van der Waals surface area contributed by atoms with Gasteiger partial charge in [0.25, 0.3) is 5.91 Å². The molecule has 0 atom stereocenters. The molecular weight excluding hydrogens is 220 g/mol. The standard InChI is InChI=1S/C12H14N2O3/c1-3-4-8(2)11(15)14-9-5-6-13-10(7-9)12(16)17/h4-7H,3H2,1-2H3,(H,16,17)(H,13,14,15). The number of anilines is 1. The summed E-state index contributed by atoms with van der Waals surface area (Å²) in [5.74, 6) is -1.36. The molecule has 0 bridgehead atoms. The second kappa shape index (κ2) is 5.79. The van der Waals surface area contributed by atoms with Gasteiger partial charge in [-0.2, -0.15) is 0 Å². The van der Waals surface area contributed by atoms with Crippen molar-refractivity contribution in [3.05, 3.63) is 35.7 Å². The van der Waals surface area contributed by atoms with Crippen LogP contribution < -0.4 is 5.32 Å². The minimum absolute atomic E-state index is 0.0973. The van der Waals surface area contributed by atoms with E-state index >= 15 is 0 Å². The van der Waals surface area contributed by atoms with Gasteiger partial charge in [0.1, 0.15) is 5.69 Å². The Kier molecular flexibility index (Phi) is 4.39. The maximum Gasteiger partial charge on any atom is 0.354 e. The number of allylic oxidation sites excluding steroid dienone is 1. The van der Waals surface area contributed by atoms with Gasteiger partial charge in [0, 0.05) is 17.5 Å². The van der Waals surface area contributed by atoms with Crippen molar-refractivity contribution in [3.8, 4) is 0 Å². The summed E-state index contributed by atoms with van der Waals surface area (Å²) in [6, 6.07) is 2.86. The van der Waals surface area contributed by atoms with Crippen LogP contribution in [0.25, 0.3) is 0 Å². The highest BCUT2D eigenvalue weighted by Crippen LogP contribution is 2.09. The molecule has 0 aliphatic carbocycles. The predicted molar refractivity (Wildman–Crippen MR) is 63.9 cm³/mol. The molecule has 0 unspecified atom stereocenters. The van der Waals surface area contributed by atoms with Gasteiger partial charge in [0.15, 0.2) is 0 Å². The number of amides is 1. The van der Waals surface area contributed by atoms with E-state index in [-0.39, 0.29) is 11.6 Å². The summed E-state index contributed by atoms with van der Waals surface area (Å²) in [6.07, 6.45) is 3.92. The Balaban J connectivity index is 2.82. The maximum atomic E-state index is 11.6. The quantitative estimate of drug-likeness (QED) is 0.781. The van der Waals surface area contributed by atoms with Crippen LogP contribution in [0.2, 0.25) is 0 Å². The monoisotopic (exact) mass is 234 g/mol. The van der Waals surface area contributed by atoms with Gasteiger partial charge in [-0.3, -0.25) is 4.79 Å². The second-order valence-corrected chi connectivity index (χ2v) is 3.48. The third kappa shape index (κ3) is 3.71. The van der Waals surface area contributed by atoms with E-state index in [9.17, 15) is 9.59 Å². The third-order valence-electron chi connectivity index (χ3n) is 2.11. The van der Waals surface area contributed by atoms with Gasteiger partial charge in [-0.15, -0.1) is 0 Å². The Labute approximate surface area is 99.2 Å². The highest BCUT2D eigenvalue weighted by atomic mass is 16.4. The Morgan fingerprint density at radius 1 is 1.53 bits per heavy atom. The van der Waals surface area contributed by atoms with E-state index in [4.69, 9.17) is 5.11 Å². The smallest absolute Gasteiger partial charge is 0.354 e. The number of carboxylic acid groups (broad SMARTS) is 1. The SMILES string of the molecule is CCC=C(C)C(=O)Nc1ccnc(C(=O)O)c1. The summed E-state index contributed by atoms with van der Waals surface area (Å²) in [4.78, 5) is 26.0. The lowest BCUT2D eigenvalue weighted by molar-refractivity contribution is -0.112. The van der Waals surface area contributed by atoms with Gasteiger partial charge in [-0.1, -0.05) is 13.0 Å². The molecule has 0 radical (unpaired) electrons. The first kappa shape index (κ1) is 12.9. The average Bonchev–Trinajstić information content (AvgIpc) is 2.29. The van der Waals surface area contributed by atoms with Crippen LogP contribution >= 0.6 is 0 Å². The Morgan fingerprint density at radius 2 is 2.24 bits per heavy atom. The third-order valence-corrected chi connectivity index (χ3v) is 2.11. The molecule has 1 aromatic heterocycles. The van der Waals surface area contributed by atoms with Gasteiger partial charge in [0.05, 0.1) is 0 Å². The summed E-state index contributed by atoms with van der Waals surface area (Å²) in [7, 11) is 0. The van der Waals surface area contributed by atoms with Crippen molar-refractivity contribution in [3.63, 3.8) is 0 Å². The molecule has 1 rings (SSSR count). The average molecular weight is 234 g/mol. The van der Waals surface area contributed by atoms with Crippen LogP contribution in [0.15, 0.2) is 30.0 Å². The van der Waals surface area contributed by atoms with Crippen LogP contribution in [-0.4, -0.2) is 22.0 Å². The molecular formula is C12H14N2O3. The predicted octanol–water partition coefficient (Wildman–Crippen LogP) is 2.07. The second-order valence-electron chi connectivity index (χ2n) is 3.48. The van der Waals surface area contributed by atoms with Crippen LogP contribution in [0, 0.1) is 0 Å². The number of hydrogen-bond acceptors (Lipinski definition) is 3. The number of carboxylic acids is 1. The molecule has 0 saturated heterocycles. The Hall–Kier alpha value is -2.17. The Morgan fingerprint density at radius 3 is 2.82 bits per heavy atom. The number of hydrogen-bond donors (Lipinski definition) is 2. The molecule has 90 valence electrons. The van der Waals surface area contributed by atoms with E-state index in [0.717, 1.165) is 6.42 Å². The zero-order valence-electron chi connectivity index (χ0n) is 9.73. The zero-order chi connectivity index (χ0) is 12.8. The summed E-state index contributed by atoms with van der Waals surface area (Å²) < 4.78 is 0. The molecule has 5 nitrogen and oxygen atoms in total. The van der Waals surface area contributed by atoms with Crippen LogP contribution in [0.4, 0.5) is 5.69 Å². The lowest BCUT2D eigenvalue weighted by Crippen LogP contribution is -2.13. The van der Waals surface area contributed by atoms with E-state index in [0.29, 0.717) is 11.3 Å². The summed E-state index contributed by atoms with van der Waals surface area (Å²) in [6.45, 7) is 3.64. The molecule has 1 heterocycles. The number of carbonyl (C=O) groups excluding carboxylic acids is 1. The van der Waals surface area contributed by atoms with Crippen molar-refractivity contribution in [2.75, 3.05) is 5.32 Å². The van der Waals surface area contributed by atoms with Gasteiger partial charge in [-0.25, -0.2) is 9.78 Å². The van der Waals surface area contributed by atoms with Crippen molar-refractivity contribution in [1.29, 1.82) is 0 Å². The van der Waals surface area contributed by atoms with E-state index in [1.807, 2.05) is 6.92 Å². The highest BCUT2D eigenvalue weighted by Gasteiger charge is 2.08. The van der Waals surface area contributed by atoms with E-state index < -0.39 is 5.97 Å². The molecule has 0 aliphatic heterocycles. The molecule has 0 fully saturated rings. The van der Waals surface area contributed by atoms with Crippen LogP contribution in [0.1, 0.15) is 30.8 Å². The Bertz CT molecular complexity index is 467. The molecule has 1 aromatic rings. The molecule has 1 amide bonds. The summed E-state index contributed by atoms with van der Waals surface area (Å²) in [5.41, 5.74) is 0.923. The minimum Gasteiger partial charge on any atom is -0.477 e. The first-order chi connectivity index (χ1) is 8.04. The van der Waals surface area contributed by atoms with Crippen molar-refractivity contribution < 1.29 is 14.7 Å². The highest BCUT2D eigenvalue weighted by molar-refractivity contribution is 6.03. The largest absolute Gasteiger partial charge is 0.477 e. The summed E-state index contributed by atoms with van der Waals surface area (Å²) in [5, 5.41) is 11.4. The van der Waals surface area contributed by atoms with E-state index in [2.05, 4.69) is 10.3 Å². The lowest BCUT2D eigenvalue weighted by Gasteiger charge is -2.05. The molecule has 5 heteroatoms. The van der Waals surface area contributed by atoms with E-state index in [1.165, 1.54) is 12.3 Å². The molecule has 0 aromatic carbocycles. The van der Waals surface area contributed by atoms with Gasteiger partial charge in [0.2, 0.25) is 0 Å². The maximum absolute atomic E-state index is 11.6. The fraction of sp³-hybridized carbons (Fsp3) is 0.250. The fourth-order valence-electron chi connectivity index (χ4n) is 1.25. The van der Waals surface area contributed by atoms with Crippen LogP contribution in [0.3, 0.4) is 0 Å². The minimum atomic E-state index is -1.12. The number of rotatable bonds is 4. The van der Waals surface area contributed by atoms with E-state index in [1.54, 1.807) is 19.1 Å². The molecule has 0 saturated carbocycles. The molecule has 2 N–H and O–H groups in total. The van der Waals surface area contributed by atoms with Crippen molar-refractivity contribution in [1.82, 2.24) is 4.98 Å². The number of carbonyl (C=O) groups is 2. The molecule has 0 aliphatic rings. The first-order valence-corrected chi connectivity index (χ1v) is 5.22. The first-order valence-electron chi connectivity index (χ1n) is 5.22. The number of nitrogens with one attached hydrogen (secondary N) is 1. The number of nitrogens with zero attached hydrogens (tertiary/aromatic N) is 1. The number of pyridine rings is 1. The lowest BCUT2D eigenvalue weighted by atomic mass is 10.2. The van der Waals surface area contributed by atoms with Crippen LogP contribution in [0.5, 0.6) is 0 Å². The van der Waals surface area contributed by atoms with Crippen LogP contribution in [-0.2, 0) is 4.79 Å². The number of aromatic nitrogens is 1. The molecule has 0 spiro atoms. The van der Waals surface area contributed by atoms with Crippen molar-refractivity contribution in [2.24, 2.45) is 0 Å². The van der Waals surface area contributed by atoms with Gasteiger partial charge >= 0.3 is 5.97 Å². The fourth-order valence-corrected chi connectivity index (χ4v) is 1.25. The zero-order valence-corrected chi connectivity index (χ0v) is 9.73. The summed E-state index contributed by atoms with van der Waals surface area (Å²) >= 11 is 0. The van der Waals surface area contributed by atoms with Crippen molar-refractivity contribution in [2.45, 2.75) is 20.3 Å². The normalized spacial score (nSPS) is 11.1.